The molecule has 0 saturated heterocycles. The number of alkyl halides is 4. The number of benzene rings is 1. The van der Waals surface area contributed by atoms with Gasteiger partial charge in [-0.1, -0.05) is 27.8 Å². The molecule has 0 aromatic heterocycles. The third kappa shape index (κ3) is 3.17. The van der Waals surface area contributed by atoms with Gasteiger partial charge in [0.2, 0.25) is 0 Å². The monoisotopic (exact) mass is 277 g/mol. The Morgan fingerprint density at radius 1 is 1.33 bits per heavy atom. The molecule has 0 aliphatic heterocycles. The van der Waals surface area contributed by atoms with E-state index in [0.29, 0.717) is 5.33 Å². The Labute approximate surface area is 93.6 Å². The van der Waals surface area contributed by atoms with Crippen molar-refractivity contribution >= 4 is 21.6 Å². The summed E-state index contributed by atoms with van der Waals surface area (Å²) in [6, 6.07) is 3.10. The second kappa shape index (κ2) is 4.58. The molecule has 0 aliphatic carbocycles. The molecule has 80 valence electrons. The molecule has 1 aromatic rings. The van der Waals surface area contributed by atoms with Crippen LogP contribution in [0.15, 0.2) is 18.2 Å². The fraction of sp³-hybridized carbons (Fsp3) is 0.200. The van der Waals surface area contributed by atoms with Crippen LogP contribution in [0.2, 0.25) is 0 Å². The van der Waals surface area contributed by atoms with E-state index in [4.69, 9.17) is 5.73 Å². The van der Waals surface area contributed by atoms with E-state index in [1.165, 1.54) is 6.07 Å². The summed E-state index contributed by atoms with van der Waals surface area (Å²) in [5, 5.41) is 0.392. The van der Waals surface area contributed by atoms with Gasteiger partial charge in [0.25, 0.3) is 0 Å². The predicted octanol–water partition coefficient (Wildman–Crippen LogP) is 3.03. The van der Waals surface area contributed by atoms with Crippen LogP contribution in [0.3, 0.4) is 0 Å². The summed E-state index contributed by atoms with van der Waals surface area (Å²) in [6.45, 7) is 0. The minimum absolute atomic E-state index is 0.198. The summed E-state index contributed by atoms with van der Waals surface area (Å²) in [4.78, 5) is 0. The molecule has 0 fully saturated rings. The number of hydrogen-bond acceptors (Lipinski definition) is 1. The zero-order valence-electron chi connectivity index (χ0n) is 7.53. The van der Waals surface area contributed by atoms with Crippen molar-refractivity contribution in [2.24, 2.45) is 0 Å². The van der Waals surface area contributed by atoms with Crippen LogP contribution in [0.4, 0.5) is 18.9 Å². The molecule has 0 saturated carbocycles. The maximum atomic E-state index is 12.3. The molecule has 0 atom stereocenters. The average molecular weight is 278 g/mol. The molecule has 1 aromatic carbocycles. The number of nitrogens with two attached hydrogens (primary N) is 1. The van der Waals surface area contributed by atoms with Gasteiger partial charge in [0.1, 0.15) is 0 Å². The average Bonchev–Trinajstić information content (AvgIpc) is 2.15. The molecule has 1 nitrogen and oxygen atoms in total. The van der Waals surface area contributed by atoms with Crippen LogP contribution >= 0.6 is 15.9 Å². The first-order chi connectivity index (χ1) is 6.95. The van der Waals surface area contributed by atoms with Crippen LogP contribution in [-0.4, -0.2) is 5.33 Å². The number of nitrogen functional groups attached to an aromatic ring is 1. The Kier molecular flexibility index (Phi) is 3.64. The van der Waals surface area contributed by atoms with Gasteiger partial charge in [-0.2, -0.15) is 13.2 Å². The molecule has 1 rings (SSSR count). The molecule has 0 spiro atoms. The van der Waals surface area contributed by atoms with Gasteiger partial charge in [0, 0.05) is 11.3 Å². The quantitative estimate of drug-likeness (QED) is 0.440. The summed E-state index contributed by atoms with van der Waals surface area (Å²) < 4.78 is 37.0. The molecular formula is C10H7BrF3N. The highest BCUT2D eigenvalue weighted by molar-refractivity contribution is 9.09. The lowest BCUT2D eigenvalue weighted by atomic mass is 10.1. The van der Waals surface area contributed by atoms with Gasteiger partial charge in [0.05, 0.1) is 10.9 Å². The third-order valence-electron chi connectivity index (χ3n) is 1.67. The lowest BCUT2D eigenvalue weighted by Crippen LogP contribution is -2.05. The second-order valence-electron chi connectivity index (χ2n) is 2.74. The first-order valence-corrected chi connectivity index (χ1v) is 5.09. The minimum atomic E-state index is -4.36. The lowest BCUT2D eigenvalue weighted by molar-refractivity contribution is -0.137. The normalized spacial score (nSPS) is 10.7. The van der Waals surface area contributed by atoms with E-state index in [1.54, 1.807) is 0 Å². The van der Waals surface area contributed by atoms with Crippen molar-refractivity contribution in [3.8, 4) is 11.8 Å². The van der Waals surface area contributed by atoms with E-state index in [0.717, 1.165) is 12.1 Å². The summed E-state index contributed by atoms with van der Waals surface area (Å²) in [6.07, 6.45) is -4.36. The Morgan fingerprint density at radius 2 is 2.00 bits per heavy atom. The topological polar surface area (TPSA) is 26.0 Å². The van der Waals surface area contributed by atoms with E-state index in [-0.39, 0.29) is 11.3 Å². The van der Waals surface area contributed by atoms with Gasteiger partial charge in [0.15, 0.2) is 0 Å². The van der Waals surface area contributed by atoms with Gasteiger partial charge in [-0.15, -0.1) is 0 Å². The highest BCUT2D eigenvalue weighted by Gasteiger charge is 2.30. The summed E-state index contributed by atoms with van der Waals surface area (Å²) >= 11 is 3.05. The Hall–Kier alpha value is -1.15. The van der Waals surface area contributed by atoms with E-state index in [1.807, 2.05) is 0 Å². The third-order valence-corrected chi connectivity index (χ3v) is 1.95. The van der Waals surface area contributed by atoms with Crippen molar-refractivity contribution in [2.45, 2.75) is 6.18 Å². The maximum absolute atomic E-state index is 12.3. The predicted molar refractivity (Wildman–Crippen MR) is 56.5 cm³/mol. The van der Waals surface area contributed by atoms with Gasteiger partial charge in [-0.3, -0.25) is 0 Å². The molecule has 0 bridgehead atoms. The molecule has 0 heterocycles. The van der Waals surface area contributed by atoms with Crippen LogP contribution in [0.1, 0.15) is 11.1 Å². The Morgan fingerprint density at radius 3 is 2.53 bits per heavy atom. The van der Waals surface area contributed by atoms with E-state index >= 15 is 0 Å². The SMILES string of the molecule is Nc1ccc(C(F)(F)F)cc1C#CCBr. The fourth-order valence-electron chi connectivity index (χ4n) is 0.969. The van der Waals surface area contributed by atoms with Crippen molar-refractivity contribution < 1.29 is 13.2 Å². The van der Waals surface area contributed by atoms with Crippen LogP contribution in [0.5, 0.6) is 0 Å². The van der Waals surface area contributed by atoms with Crippen LogP contribution in [0.25, 0.3) is 0 Å². The largest absolute Gasteiger partial charge is 0.416 e. The van der Waals surface area contributed by atoms with Gasteiger partial charge >= 0.3 is 6.18 Å². The fourth-order valence-corrected chi connectivity index (χ4v) is 1.11. The molecule has 15 heavy (non-hydrogen) atoms. The molecular weight excluding hydrogens is 271 g/mol. The van der Waals surface area contributed by atoms with Gasteiger partial charge in [-0.25, -0.2) is 0 Å². The van der Waals surface area contributed by atoms with Crippen molar-refractivity contribution in [1.29, 1.82) is 0 Å². The molecule has 0 amide bonds. The zero-order chi connectivity index (χ0) is 11.5. The highest BCUT2D eigenvalue weighted by atomic mass is 79.9. The summed E-state index contributed by atoms with van der Waals surface area (Å²) in [5.74, 6) is 5.16. The highest BCUT2D eigenvalue weighted by Crippen LogP contribution is 2.30. The van der Waals surface area contributed by atoms with E-state index in [9.17, 15) is 13.2 Å². The molecule has 0 aliphatic rings. The van der Waals surface area contributed by atoms with Crippen LogP contribution in [-0.2, 0) is 6.18 Å². The van der Waals surface area contributed by atoms with Gasteiger partial charge < -0.3 is 5.73 Å². The molecule has 5 heteroatoms. The molecule has 0 radical (unpaired) electrons. The molecule has 2 N–H and O–H groups in total. The maximum Gasteiger partial charge on any atom is 0.416 e. The smallest absolute Gasteiger partial charge is 0.398 e. The second-order valence-corrected chi connectivity index (χ2v) is 3.30. The summed E-state index contributed by atoms with van der Waals surface area (Å²) in [7, 11) is 0. The number of hydrogen-bond donors (Lipinski definition) is 1. The number of rotatable bonds is 0. The number of halogens is 4. The zero-order valence-corrected chi connectivity index (χ0v) is 9.11. The van der Waals surface area contributed by atoms with Crippen LogP contribution < -0.4 is 5.73 Å². The van der Waals surface area contributed by atoms with E-state index in [2.05, 4.69) is 27.8 Å². The Bertz CT molecular complexity index is 415. The minimum Gasteiger partial charge on any atom is -0.398 e. The van der Waals surface area contributed by atoms with Crippen molar-refractivity contribution in [1.82, 2.24) is 0 Å². The standard InChI is InChI=1S/C10H7BrF3N/c11-5-1-2-7-6-8(10(12,13)14)3-4-9(7)15/h3-4,6H,5,15H2. The lowest BCUT2D eigenvalue weighted by Gasteiger charge is -2.07. The van der Waals surface area contributed by atoms with Crippen molar-refractivity contribution in [3.05, 3.63) is 29.3 Å². The first-order valence-electron chi connectivity index (χ1n) is 3.96. The molecule has 0 unspecified atom stereocenters. The number of anilines is 1. The first kappa shape index (κ1) is 11.9. The Balaban J connectivity index is 3.17. The van der Waals surface area contributed by atoms with E-state index < -0.39 is 11.7 Å². The van der Waals surface area contributed by atoms with Crippen LogP contribution in [0, 0.1) is 11.8 Å². The summed E-state index contributed by atoms with van der Waals surface area (Å²) in [5.41, 5.74) is 5.19. The van der Waals surface area contributed by atoms with Crippen molar-refractivity contribution in [2.75, 3.05) is 11.1 Å². The van der Waals surface area contributed by atoms with Gasteiger partial charge in [-0.05, 0) is 18.2 Å². The van der Waals surface area contributed by atoms with Crippen molar-refractivity contribution in [3.63, 3.8) is 0 Å².